The topological polar surface area (TPSA) is 0 Å². The first kappa shape index (κ1) is 38.5. The summed E-state index contributed by atoms with van der Waals surface area (Å²) in [6, 6.07) is 37.8. The van der Waals surface area contributed by atoms with Crippen LogP contribution in [0.4, 0.5) is 0 Å². The van der Waals surface area contributed by atoms with Crippen LogP contribution in [0, 0.1) is 5.41 Å². The Morgan fingerprint density at radius 2 is 1.04 bits per heavy atom. The molecule has 6 rings (SSSR count). The second-order valence-electron chi connectivity index (χ2n) is 16.6. The van der Waals surface area contributed by atoms with Crippen LogP contribution in [0.2, 0.25) is 3.12 Å². The maximum atomic E-state index is 2.74. The summed E-state index contributed by atoms with van der Waals surface area (Å²) in [6.07, 6.45) is 9.01. The molecule has 1 unspecified atom stereocenters. The van der Waals surface area contributed by atoms with E-state index in [2.05, 4.69) is 185 Å². The molecule has 4 aromatic carbocycles. The Morgan fingerprint density at radius 3 is 1.40 bits per heavy atom. The molecule has 250 valence electrons. The molecule has 0 aromatic heterocycles. The minimum Gasteiger partial charge on any atom is -1.00 e. The second kappa shape index (κ2) is 14.1. The molecule has 4 aromatic rings. The number of hydrogen-bond donors (Lipinski definition) is 0. The van der Waals surface area contributed by atoms with Gasteiger partial charge < -0.3 is 24.8 Å². The van der Waals surface area contributed by atoms with Crippen LogP contribution in [0.15, 0.2) is 121 Å². The van der Waals surface area contributed by atoms with Crippen LogP contribution in [-0.4, -0.2) is 3.21 Å². The zero-order chi connectivity index (χ0) is 33.1. The van der Waals surface area contributed by atoms with Gasteiger partial charge in [-0.05, 0) is 0 Å². The van der Waals surface area contributed by atoms with E-state index in [9.17, 15) is 0 Å². The van der Waals surface area contributed by atoms with Gasteiger partial charge >= 0.3 is 288 Å². The third-order valence-electron chi connectivity index (χ3n) is 10.4. The molecular formula is C45H52Cl2Zr. The molecular weight excluding hydrogens is 703 g/mol. The van der Waals surface area contributed by atoms with Gasteiger partial charge in [0.15, 0.2) is 0 Å². The summed E-state index contributed by atoms with van der Waals surface area (Å²) in [5, 5.41) is 0. The normalized spacial score (nSPS) is 17.0. The monoisotopic (exact) mass is 752 g/mol. The van der Waals surface area contributed by atoms with Gasteiger partial charge in [0.2, 0.25) is 0 Å². The summed E-state index contributed by atoms with van der Waals surface area (Å²) in [7, 11) is 0. The van der Waals surface area contributed by atoms with Crippen molar-refractivity contribution in [3.63, 3.8) is 0 Å². The van der Waals surface area contributed by atoms with Crippen molar-refractivity contribution in [2.75, 3.05) is 0 Å². The smallest absolute Gasteiger partial charge is 1.00 e. The van der Waals surface area contributed by atoms with E-state index in [0.29, 0.717) is 3.63 Å². The fraction of sp³-hybridized carbons (Fsp3) is 0.356. The Labute approximate surface area is 311 Å². The standard InChI is InChI=1S/C21H25.C13H10.C11H17.2ClH.Zr/c1-20(2,3)16-7-9-18-14(12-16)11-15-13-17(21(4,5)6)8-10-19(15)18;1-3-7-12(8-4-1)11-13-9-5-2-6-10-13;1-5-9-6-7-10(8-9)11(2,3)4;;;/h7-13H,1-6H3;1-10H;6-8H,5H2,1-4H3;2*1H;/q;;;;;+2/p-2. The third-order valence-corrected chi connectivity index (χ3v) is 20.1. The molecule has 2 aliphatic rings. The van der Waals surface area contributed by atoms with Crippen LogP contribution < -0.4 is 24.8 Å². The first-order valence-corrected chi connectivity index (χ1v) is 21.1. The minimum absolute atomic E-state index is 0. The van der Waals surface area contributed by atoms with Crippen LogP contribution in [0.5, 0.6) is 0 Å². The molecule has 0 bridgehead atoms. The van der Waals surface area contributed by atoms with E-state index >= 15 is 0 Å². The molecule has 0 nitrogen and oxygen atoms in total. The van der Waals surface area contributed by atoms with Crippen molar-refractivity contribution in [2.24, 2.45) is 5.41 Å². The van der Waals surface area contributed by atoms with Gasteiger partial charge in [0.05, 0.1) is 0 Å². The molecule has 48 heavy (non-hydrogen) atoms. The fourth-order valence-corrected chi connectivity index (χ4v) is 18.1. The number of allylic oxidation sites excluding steroid dienone is 4. The number of fused-ring (bicyclic) bond motifs is 3. The van der Waals surface area contributed by atoms with Gasteiger partial charge in [-0.25, -0.2) is 0 Å². The summed E-state index contributed by atoms with van der Waals surface area (Å²) in [6.45, 7) is 23.8. The van der Waals surface area contributed by atoms with Crippen molar-refractivity contribution in [2.45, 2.75) is 93.2 Å². The predicted octanol–water partition coefficient (Wildman–Crippen LogP) is 6.36. The predicted molar refractivity (Wildman–Crippen MR) is 197 cm³/mol. The van der Waals surface area contributed by atoms with Crippen molar-refractivity contribution in [1.29, 1.82) is 0 Å². The maximum absolute atomic E-state index is 2.94. The molecule has 0 aliphatic heterocycles. The summed E-state index contributed by atoms with van der Waals surface area (Å²) >= 11 is -2.94. The number of rotatable bonds is 5. The molecule has 0 saturated carbocycles. The van der Waals surface area contributed by atoms with Crippen LogP contribution in [0.1, 0.15) is 113 Å². The van der Waals surface area contributed by atoms with Crippen LogP contribution in [0.3, 0.4) is 0 Å². The number of halogens is 2. The van der Waals surface area contributed by atoms with Gasteiger partial charge in [0.1, 0.15) is 0 Å². The maximum Gasteiger partial charge on any atom is -1.00 e. The van der Waals surface area contributed by atoms with Gasteiger partial charge in [-0.3, -0.25) is 0 Å². The van der Waals surface area contributed by atoms with Gasteiger partial charge in [0.25, 0.3) is 0 Å². The van der Waals surface area contributed by atoms with E-state index in [-0.39, 0.29) is 44.2 Å². The summed E-state index contributed by atoms with van der Waals surface area (Å²) in [5.41, 5.74) is 13.4. The van der Waals surface area contributed by atoms with E-state index in [4.69, 9.17) is 0 Å². The van der Waals surface area contributed by atoms with E-state index < -0.39 is 21.3 Å². The van der Waals surface area contributed by atoms with E-state index in [1.807, 2.05) is 0 Å². The van der Waals surface area contributed by atoms with E-state index in [1.165, 1.54) is 39.0 Å². The van der Waals surface area contributed by atoms with Crippen molar-refractivity contribution in [1.82, 2.24) is 0 Å². The molecule has 0 spiro atoms. The number of benzene rings is 4. The van der Waals surface area contributed by atoms with Crippen molar-refractivity contribution in [3.05, 3.63) is 154 Å². The second-order valence-corrected chi connectivity index (χ2v) is 23.6. The molecule has 1 atom stereocenters. The molecule has 0 radical (unpaired) electrons. The fourth-order valence-electron chi connectivity index (χ4n) is 7.49. The third kappa shape index (κ3) is 7.13. The van der Waals surface area contributed by atoms with Crippen molar-refractivity contribution < 1.29 is 46.1 Å². The molecule has 0 saturated heterocycles. The average molecular weight is 755 g/mol. The zero-order valence-corrected chi connectivity index (χ0v) is 34.5. The van der Waals surface area contributed by atoms with E-state index in [1.54, 1.807) is 14.3 Å². The largest absolute Gasteiger partial charge is 1.00 e. The van der Waals surface area contributed by atoms with Gasteiger partial charge in [-0.15, -0.1) is 0 Å². The van der Waals surface area contributed by atoms with E-state index in [0.717, 1.165) is 6.42 Å². The molecule has 0 heterocycles. The van der Waals surface area contributed by atoms with Crippen LogP contribution in [-0.2, 0) is 32.1 Å². The first-order valence-electron chi connectivity index (χ1n) is 17.2. The van der Waals surface area contributed by atoms with Gasteiger partial charge in [-0.1, -0.05) is 0 Å². The molecule has 0 N–H and O–H groups in total. The zero-order valence-electron chi connectivity index (χ0n) is 30.5. The molecule has 3 heteroatoms. The van der Waals surface area contributed by atoms with Crippen molar-refractivity contribution in [3.8, 4) is 11.1 Å². The Kier molecular flexibility index (Phi) is 11.3. The Bertz CT molecular complexity index is 1750. The van der Waals surface area contributed by atoms with Crippen molar-refractivity contribution >= 4 is 3.21 Å². The SMILES string of the molecule is CC[C]1([Zr+2](=[C](c2ccccc2)c2ccccc2)[CH]2c3cc(C(C)(C)C)ccc3-c3ccc(C(C)(C)C)cc32)C=CC(C(C)(C)C)=C1.[Cl-].[Cl-]. The Morgan fingerprint density at radius 1 is 0.604 bits per heavy atom. The summed E-state index contributed by atoms with van der Waals surface area (Å²) < 4.78 is 2.05. The molecule has 0 amide bonds. The Balaban J connectivity index is 0.00000260. The molecule has 2 aliphatic carbocycles. The molecule has 0 fully saturated rings. The van der Waals surface area contributed by atoms with Gasteiger partial charge in [-0.2, -0.15) is 0 Å². The summed E-state index contributed by atoms with van der Waals surface area (Å²) in [4.78, 5) is 0. The Hall–Kier alpha value is -2.31. The quantitative estimate of drug-likeness (QED) is 0.223. The first-order chi connectivity index (χ1) is 21.6. The number of hydrogen-bond acceptors (Lipinski definition) is 0. The summed E-state index contributed by atoms with van der Waals surface area (Å²) in [5.74, 6) is 0. The van der Waals surface area contributed by atoms with Gasteiger partial charge in [0, 0.05) is 0 Å². The van der Waals surface area contributed by atoms with Crippen LogP contribution in [0.25, 0.3) is 11.1 Å². The minimum atomic E-state index is -2.94. The van der Waals surface area contributed by atoms with Crippen LogP contribution >= 0.6 is 0 Å². The average Bonchev–Trinajstić information content (AvgIpc) is 3.60.